The summed E-state index contributed by atoms with van der Waals surface area (Å²) in [6, 6.07) is 3.39. The fourth-order valence-corrected chi connectivity index (χ4v) is 3.06. The molecule has 2 amide bonds. The van der Waals surface area contributed by atoms with Gasteiger partial charge < -0.3 is 19.7 Å². The summed E-state index contributed by atoms with van der Waals surface area (Å²) >= 11 is 0. The first-order chi connectivity index (χ1) is 11.0. The number of carbonyl (C=O) groups excluding carboxylic acids is 2. The largest absolute Gasteiger partial charge is 0.466 e. The van der Waals surface area contributed by atoms with Gasteiger partial charge in [0.2, 0.25) is 11.8 Å². The van der Waals surface area contributed by atoms with Crippen LogP contribution >= 0.6 is 0 Å². The number of aliphatic hydroxyl groups is 1. The van der Waals surface area contributed by atoms with E-state index in [-0.39, 0.29) is 30.2 Å². The number of hydrogen-bond acceptors (Lipinski definition) is 4. The van der Waals surface area contributed by atoms with Gasteiger partial charge in [-0.25, -0.2) is 0 Å². The van der Waals surface area contributed by atoms with Crippen LogP contribution in [0.2, 0.25) is 0 Å². The van der Waals surface area contributed by atoms with Crippen molar-refractivity contribution < 1.29 is 19.1 Å². The number of piperidine rings is 1. The van der Waals surface area contributed by atoms with Crippen molar-refractivity contribution in [3.63, 3.8) is 0 Å². The van der Waals surface area contributed by atoms with Gasteiger partial charge in [-0.2, -0.15) is 0 Å². The van der Waals surface area contributed by atoms with Crippen molar-refractivity contribution in [2.75, 3.05) is 19.6 Å². The van der Waals surface area contributed by atoms with Crippen molar-refractivity contribution in [2.24, 2.45) is 11.8 Å². The Hall–Kier alpha value is -1.82. The highest BCUT2D eigenvalue weighted by Gasteiger charge is 2.37. The first-order valence-corrected chi connectivity index (χ1v) is 8.30. The summed E-state index contributed by atoms with van der Waals surface area (Å²) in [5.41, 5.74) is -1.24. The lowest BCUT2D eigenvalue weighted by molar-refractivity contribution is -0.137. The molecule has 6 heteroatoms. The van der Waals surface area contributed by atoms with Gasteiger partial charge in [-0.1, -0.05) is 0 Å². The third kappa shape index (κ3) is 3.75. The molecule has 2 heterocycles. The third-order valence-electron chi connectivity index (χ3n) is 4.69. The van der Waals surface area contributed by atoms with Crippen molar-refractivity contribution in [3.05, 3.63) is 24.2 Å². The SMILES string of the molecule is CC(O)(CNC(=O)C1CCCN(C(=O)C2CC2)C1)c1ccco1. The van der Waals surface area contributed by atoms with Crippen LogP contribution < -0.4 is 5.32 Å². The second-order valence-electron chi connectivity index (χ2n) is 6.87. The van der Waals surface area contributed by atoms with Crippen molar-refractivity contribution in [2.45, 2.75) is 38.2 Å². The summed E-state index contributed by atoms with van der Waals surface area (Å²) in [6.45, 7) is 2.94. The van der Waals surface area contributed by atoms with Gasteiger partial charge in [0.1, 0.15) is 11.4 Å². The maximum atomic E-state index is 12.4. The van der Waals surface area contributed by atoms with Crippen LogP contribution in [0.15, 0.2) is 22.8 Å². The molecule has 2 N–H and O–H groups in total. The molecule has 2 aliphatic rings. The van der Waals surface area contributed by atoms with E-state index in [2.05, 4.69) is 5.32 Å². The Bertz CT molecular complexity index is 563. The van der Waals surface area contributed by atoms with Crippen LogP contribution in [0.5, 0.6) is 0 Å². The zero-order valence-corrected chi connectivity index (χ0v) is 13.5. The number of carbonyl (C=O) groups is 2. The Morgan fingerprint density at radius 3 is 2.83 bits per heavy atom. The van der Waals surface area contributed by atoms with Gasteiger partial charge in [-0.05, 0) is 44.7 Å². The minimum Gasteiger partial charge on any atom is -0.466 e. The fourth-order valence-electron chi connectivity index (χ4n) is 3.06. The van der Waals surface area contributed by atoms with E-state index in [1.54, 1.807) is 19.1 Å². The van der Waals surface area contributed by atoms with Crippen molar-refractivity contribution in [3.8, 4) is 0 Å². The highest BCUT2D eigenvalue weighted by molar-refractivity contribution is 5.83. The van der Waals surface area contributed by atoms with Crippen LogP contribution in [0, 0.1) is 11.8 Å². The summed E-state index contributed by atoms with van der Waals surface area (Å²) < 4.78 is 5.20. The molecule has 0 aromatic carbocycles. The molecule has 0 spiro atoms. The second-order valence-corrected chi connectivity index (χ2v) is 6.87. The highest BCUT2D eigenvalue weighted by atomic mass is 16.4. The monoisotopic (exact) mass is 320 g/mol. The van der Waals surface area contributed by atoms with Crippen molar-refractivity contribution >= 4 is 11.8 Å². The standard InChI is InChI=1S/C17H24N2O4/c1-17(22,14-5-3-9-23-14)11-18-15(20)13-4-2-8-19(10-13)16(21)12-6-7-12/h3,5,9,12-13,22H,2,4,6-8,10-11H2,1H3,(H,18,20). The minimum atomic E-state index is -1.24. The molecule has 3 rings (SSSR count). The summed E-state index contributed by atoms with van der Waals surface area (Å²) in [5.74, 6) is 0.512. The molecule has 0 radical (unpaired) electrons. The number of rotatable bonds is 5. The Morgan fingerprint density at radius 1 is 1.39 bits per heavy atom. The molecule has 6 nitrogen and oxygen atoms in total. The van der Waals surface area contributed by atoms with E-state index in [0.717, 1.165) is 32.2 Å². The Morgan fingerprint density at radius 2 is 2.17 bits per heavy atom. The van der Waals surface area contributed by atoms with E-state index >= 15 is 0 Å². The molecule has 1 saturated carbocycles. The number of furan rings is 1. The van der Waals surface area contributed by atoms with Crippen LogP contribution in [0.4, 0.5) is 0 Å². The summed E-state index contributed by atoms with van der Waals surface area (Å²) in [5, 5.41) is 13.2. The minimum absolute atomic E-state index is 0.0897. The molecule has 126 valence electrons. The Kier molecular flexibility index (Phi) is 4.43. The van der Waals surface area contributed by atoms with Crippen molar-refractivity contribution in [1.29, 1.82) is 0 Å². The number of likely N-dealkylation sites (tertiary alicyclic amines) is 1. The zero-order chi connectivity index (χ0) is 16.4. The lowest BCUT2D eigenvalue weighted by atomic mass is 9.96. The molecule has 2 unspecified atom stereocenters. The fraction of sp³-hybridized carbons (Fsp3) is 0.647. The Balaban J connectivity index is 1.52. The van der Waals surface area contributed by atoms with E-state index in [4.69, 9.17) is 4.42 Å². The van der Waals surface area contributed by atoms with E-state index in [0.29, 0.717) is 12.3 Å². The van der Waals surface area contributed by atoms with Gasteiger partial charge in [0.05, 0.1) is 18.7 Å². The third-order valence-corrected chi connectivity index (χ3v) is 4.69. The molecule has 0 bridgehead atoms. The smallest absolute Gasteiger partial charge is 0.225 e. The lowest BCUT2D eigenvalue weighted by Crippen LogP contribution is -2.48. The number of hydrogen-bond donors (Lipinski definition) is 2. The summed E-state index contributed by atoms with van der Waals surface area (Å²) in [7, 11) is 0. The first kappa shape index (κ1) is 16.1. The molecule has 1 aliphatic carbocycles. The topological polar surface area (TPSA) is 82.8 Å². The van der Waals surface area contributed by atoms with Crippen LogP contribution in [0.1, 0.15) is 38.4 Å². The zero-order valence-electron chi connectivity index (χ0n) is 13.5. The average Bonchev–Trinajstić information content (AvgIpc) is 3.25. The molecular formula is C17H24N2O4. The molecule has 1 saturated heterocycles. The molecule has 1 aliphatic heterocycles. The second kappa shape index (κ2) is 6.35. The van der Waals surface area contributed by atoms with Crippen LogP contribution in [0.25, 0.3) is 0 Å². The van der Waals surface area contributed by atoms with Crippen molar-refractivity contribution in [1.82, 2.24) is 10.2 Å². The Labute approximate surface area is 135 Å². The van der Waals surface area contributed by atoms with Gasteiger partial charge in [0, 0.05) is 19.0 Å². The van der Waals surface area contributed by atoms with Gasteiger partial charge in [0.15, 0.2) is 0 Å². The molecule has 2 fully saturated rings. The van der Waals surface area contributed by atoms with Crippen LogP contribution in [-0.4, -0.2) is 41.5 Å². The quantitative estimate of drug-likeness (QED) is 0.855. The average molecular weight is 320 g/mol. The summed E-state index contributed by atoms with van der Waals surface area (Å²) in [4.78, 5) is 26.3. The van der Waals surface area contributed by atoms with E-state index < -0.39 is 5.60 Å². The first-order valence-electron chi connectivity index (χ1n) is 8.30. The molecule has 1 aromatic rings. The van der Waals surface area contributed by atoms with Gasteiger partial charge >= 0.3 is 0 Å². The van der Waals surface area contributed by atoms with E-state index in [9.17, 15) is 14.7 Å². The molecule has 1 aromatic heterocycles. The van der Waals surface area contributed by atoms with E-state index in [1.807, 2.05) is 4.90 Å². The van der Waals surface area contributed by atoms with E-state index in [1.165, 1.54) is 6.26 Å². The predicted octanol–water partition coefficient (Wildman–Crippen LogP) is 1.25. The van der Waals surface area contributed by atoms with Crippen LogP contribution in [0.3, 0.4) is 0 Å². The molecular weight excluding hydrogens is 296 g/mol. The number of nitrogens with one attached hydrogen (secondary N) is 1. The summed E-state index contributed by atoms with van der Waals surface area (Å²) in [6.07, 6.45) is 5.10. The lowest BCUT2D eigenvalue weighted by Gasteiger charge is -2.32. The van der Waals surface area contributed by atoms with Gasteiger partial charge in [-0.15, -0.1) is 0 Å². The number of amides is 2. The molecule has 2 atom stereocenters. The maximum absolute atomic E-state index is 12.4. The number of nitrogens with zero attached hydrogens (tertiary/aromatic N) is 1. The van der Waals surface area contributed by atoms with Crippen LogP contribution in [-0.2, 0) is 15.2 Å². The highest BCUT2D eigenvalue weighted by Crippen LogP contribution is 2.32. The molecule has 23 heavy (non-hydrogen) atoms. The van der Waals surface area contributed by atoms with Gasteiger partial charge in [0.25, 0.3) is 0 Å². The predicted molar refractivity (Wildman–Crippen MR) is 83.3 cm³/mol. The maximum Gasteiger partial charge on any atom is 0.225 e. The van der Waals surface area contributed by atoms with Gasteiger partial charge in [-0.3, -0.25) is 9.59 Å². The normalized spacial score (nSPS) is 24.1.